The summed E-state index contributed by atoms with van der Waals surface area (Å²) in [5, 5.41) is 0. The van der Waals surface area contributed by atoms with Gasteiger partial charge in [-0.1, -0.05) is 32.0 Å². The molecule has 2 aromatic rings. The van der Waals surface area contributed by atoms with Crippen LogP contribution in [0.3, 0.4) is 0 Å². The highest BCUT2D eigenvalue weighted by Crippen LogP contribution is 2.38. The average Bonchev–Trinajstić information content (AvgIpc) is 3.15. The van der Waals surface area contributed by atoms with E-state index in [1.54, 1.807) is 6.07 Å². The van der Waals surface area contributed by atoms with E-state index in [4.69, 9.17) is 4.74 Å². The Labute approximate surface area is 165 Å². The van der Waals surface area contributed by atoms with Crippen molar-refractivity contribution in [3.8, 4) is 0 Å². The Hall–Kier alpha value is -2.86. The molecule has 0 aliphatic carbocycles. The molecule has 2 heterocycles. The molecule has 6 nitrogen and oxygen atoms in total. The van der Waals surface area contributed by atoms with Crippen molar-refractivity contribution in [1.29, 1.82) is 0 Å². The topological polar surface area (TPSA) is 65.6 Å². The third-order valence-corrected chi connectivity index (χ3v) is 5.06. The molecule has 1 N–H and O–H groups in total. The molecule has 28 heavy (non-hydrogen) atoms. The monoisotopic (exact) mass is 381 g/mol. The lowest BCUT2D eigenvalue weighted by Crippen LogP contribution is -2.36. The first-order valence-electron chi connectivity index (χ1n) is 9.67. The number of benzene rings is 1. The third kappa shape index (κ3) is 3.87. The summed E-state index contributed by atoms with van der Waals surface area (Å²) >= 11 is 0. The summed E-state index contributed by atoms with van der Waals surface area (Å²) in [6.45, 7) is 10.8. The molecule has 1 aromatic carbocycles. The minimum atomic E-state index is -0.632. The van der Waals surface area contributed by atoms with E-state index in [9.17, 15) is 9.59 Å². The predicted molar refractivity (Wildman–Crippen MR) is 111 cm³/mol. The van der Waals surface area contributed by atoms with Crippen LogP contribution in [-0.4, -0.2) is 48.1 Å². The van der Waals surface area contributed by atoms with Gasteiger partial charge in [-0.15, -0.1) is 0 Å². The fourth-order valence-electron chi connectivity index (χ4n) is 3.47. The molecule has 0 radical (unpaired) electrons. The minimum absolute atomic E-state index is 0.250. The van der Waals surface area contributed by atoms with E-state index in [-0.39, 0.29) is 12.5 Å². The van der Waals surface area contributed by atoms with E-state index < -0.39 is 6.09 Å². The van der Waals surface area contributed by atoms with Crippen molar-refractivity contribution in [3.63, 3.8) is 0 Å². The Kier molecular flexibility index (Phi) is 5.99. The van der Waals surface area contributed by atoms with Gasteiger partial charge in [0.15, 0.2) is 0 Å². The number of amides is 2. The minimum Gasteiger partial charge on any atom is -0.447 e. The van der Waals surface area contributed by atoms with Gasteiger partial charge in [0, 0.05) is 23.5 Å². The Balaban J connectivity index is 1.85. The van der Waals surface area contributed by atoms with Gasteiger partial charge in [-0.05, 0) is 50.7 Å². The summed E-state index contributed by atoms with van der Waals surface area (Å²) in [6, 6.07) is 9.33. The SMILES string of the molecule is CCN(CC)CCOC(=O)N1C(=O)/C(=C\c2[nH]c(C)cc2C)c2ccccc21. The van der Waals surface area contributed by atoms with Crippen LogP contribution in [-0.2, 0) is 9.53 Å². The first-order valence-corrected chi connectivity index (χ1v) is 9.67. The number of hydrogen-bond donors (Lipinski definition) is 1. The van der Waals surface area contributed by atoms with Gasteiger partial charge >= 0.3 is 6.09 Å². The lowest BCUT2D eigenvalue weighted by molar-refractivity contribution is -0.112. The number of likely N-dealkylation sites (N-methyl/N-ethyl adjacent to an activating group) is 1. The first-order chi connectivity index (χ1) is 13.5. The average molecular weight is 381 g/mol. The number of aromatic amines is 1. The largest absolute Gasteiger partial charge is 0.447 e. The summed E-state index contributed by atoms with van der Waals surface area (Å²) in [7, 11) is 0. The Morgan fingerprint density at radius 3 is 2.57 bits per heavy atom. The third-order valence-electron chi connectivity index (χ3n) is 5.06. The number of anilines is 1. The van der Waals surface area contributed by atoms with E-state index in [0.717, 1.165) is 40.5 Å². The van der Waals surface area contributed by atoms with Gasteiger partial charge in [-0.25, -0.2) is 9.69 Å². The molecule has 0 fully saturated rings. The number of para-hydroxylation sites is 1. The predicted octanol–water partition coefficient (Wildman–Crippen LogP) is 4.00. The summed E-state index contributed by atoms with van der Waals surface area (Å²) in [4.78, 5) is 32.3. The molecule has 1 aliphatic rings. The molecule has 0 saturated heterocycles. The van der Waals surface area contributed by atoms with Gasteiger partial charge in [0.1, 0.15) is 6.61 Å². The second kappa shape index (κ2) is 8.44. The van der Waals surface area contributed by atoms with Crippen LogP contribution in [0, 0.1) is 13.8 Å². The van der Waals surface area contributed by atoms with Crippen LogP contribution >= 0.6 is 0 Å². The molecule has 1 aromatic heterocycles. The number of ether oxygens (including phenoxy) is 1. The summed E-state index contributed by atoms with van der Waals surface area (Å²) in [6.07, 6.45) is 1.18. The number of fused-ring (bicyclic) bond motifs is 1. The van der Waals surface area contributed by atoms with Crippen molar-refractivity contribution in [3.05, 3.63) is 52.8 Å². The van der Waals surface area contributed by atoms with Crippen molar-refractivity contribution in [2.24, 2.45) is 0 Å². The summed E-state index contributed by atoms with van der Waals surface area (Å²) in [5.74, 6) is -0.360. The van der Waals surface area contributed by atoms with Crippen LogP contribution < -0.4 is 4.90 Å². The number of carbonyl (C=O) groups excluding carboxylic acids is 2. The van der Waals surface area contributed by atoms with Gasteiger partial charge in [-0.3, -0.25) is 4.79 Å². The number of hydrogen-bond acceptors (Lipinski definition) is 4. The zero-order chi connectivity index (χ0) is 20.3. The highest BCUT2D eigenvalue weighted by atomic mass is 16.6. The van der Waals surface area contributed by atoms with Gasteiger partial charge in [0.2, 0.25) is 0 Å². The maximum absolute atomic E-state index is 13.1. The first kappa shape index (κ1) is 19.9. The number of imide groups is 1. The number of nitrogens with one attached hydrogen (secondary N) is 1. The van der Waals surface area contributed by atoms with E-state index in [2.05, 4.69) is 23.7 Å². The fraction of sp³-hybridized carbons (Fsp3) is 0.364. The second-order valence-electron chi connectivity index (χ2n) is 6.91. The van der Waals surface area contributed by atoms with Crippen LogP contribution in [0.4, 0.5) is 10.5 Å². The van der Waals surface area contributed by atoms with Crippen molar-refractivity contribution in [2.45, 2.75) is 27.7 Å². The maximum Gasteiger partial charge on any atom is 0.421 e. The molecular weight excluding hydrogens is 354 g/mol. The summed E-state index contributed by atoms with van der Waals surface area (Å²) < 4.78 is 5.40. The molecule has 2 amide bonds. The van der Waals surface area contributed by atoms with Crippen LogP contribution in [0.1, 0.15) is 36.4 Å². The molecule has 0 saturated carbocycles. The quantitative estimate of drug-likeness (QED) is 0.768. The van der Waals surface area contributed by atoms with E-state index in [0.29, 0.717) is 17.8 Å². The number of nitrogens with zero attached hydrogens (tertiary/aromatic N) is 2. The van der Waals surface area contributed by atoms with Gasteiger partial charge < -0.3 is 14.6 Å². The number of rotatable bonds is 6. The molecule has 0 atom stereocenters. The zero-order valence-corrected chi connectivity index (χ0v) is 16.9. The molecule has 6 heteroatoms. The van der Waals surface area contributed by atoms with E-state index >= 15 is 0 Å². The highest BCUT2D eigenvalue weighted by molar-refractivity contribution is 6.41. The van der Waals surface area contributed by atoms with Crippen molar-refractivity contribution in [1.82, 2.24) is 9.88 Å². The van der Waals surface area contributed by atoms with Crippen molar-refractivity contribution < 1.29 is 14.3 Å². The van der Waals surface area contributed by atoms with Gasteiger partial charge in [-0.2, -0.15) is 0 Å². The standard InChI is InChI=1S/C22H27N3O3/c1-5-24(6-2)11-12-28-22(27)25-20-10-8-7-9-17(20)18(21(25)26)14-19-15(3)13-16(4)23-19/h7-10,13-14,23H,5-6,11-12H2,1-4H3/b18-14-. The molecule has 3 rings (SSSR count). The van der Waals surface area contributed by atoms with Crippen LogP contribution in [0.15, 0.2) is 30.3 Å². The van der Waals surface area contributed by atoms with E-state index in [1.807, 2.05) is 44.2 Å². The van der Waals surface area contributed by atoms with Crippen molar-refractivity contribution >= 4 is 29.3 Å². The highest BCUT2D eigenvalue weighted by Gasteiger charge is 2.37. The molecule has 0 bridgehead atoms. The molecule has 0 unspecified atom stereocenters. The normalized spacial score (nSPS) is 14.8. The zero-order valence-electron chi connectivity index (χ0n) is 16.9. The molecule has 1 aliphatic heterocycles. The molecule has 0 spiro atoms. The van der Waals surface area contributed by atoms with Crippen LogP contribution in [0.2, 0.25) is 0 Å². The fourth-order valence-corrected chi connectivity index (χ4v) is 3.47. The Morgan fingerprint density at radius 1 is 1.21 bits per heavy atom. The molecular formula is C22H27N3O3. The summed E-state index contributed by atoms with van der Waals surface area (Å²) in [5.41, 5.74) is 4.73. The Bertz CT molecular complexity index is 910. The van der Waals surface area contributed by atoms with Crippen LogP contribution in [0.25, 0.3) is 11.6 Å². The van der Waals surface area contributed by atoms with Crippen LogP contribution in [0.5, 0.6) is 0 Å². The van der Waals surface area contributed by atoms with Crippen molar-refractivity contribution in [2.75, 3.05) is 31.1 Å². The number of carbonyl (C=O) groups is 2. The number of aromatic nitrogens is 1. The second-order valence-corrected chi connectivity index (χ2v) is 6.91. The number of H-pyrrole nitrogens is 1. The lowest BCUT2D eigenvalue weighted by Gasteiger charge is -2.19. The van der Waals surface area contributed by atoms with Gasteiger partial charge in [0.25, 0.3) is 5.91 Å². The van der Waals surface area contributed by atoms with E-state index in [1.165, 1.54) is 0 Å². The Morgan fingerprint density at radius 2 is 1.93 bits per heavy atom. The van der Waals surface area contributed by atoms with Gasteiger partial charge in [0.05, 0.1) is 11.3 Å². The molecule has 148 valence electrons. The number of aryl methyl sites for hydroxylation is 2. The lowest BCUT2D eigenvalue weighted by atomic mass is 10.1. The smallest absolute Gasteiger partial charge is 0.421 e. The maximum atomic E-state index is 13.1.